The van der Waals surface area contributed by atoms with Gasteiger partial charge in [0.2, 0.25) is 0 Å². The Hall–Kier alpha value is -0.770. The van der Waals surface area contributed by atoms with Gasteiger partial charge in [-0.25, -0.2) is 4.68 Å². The summed E-state index contributed by atoms with van der Waals surface area (Å²) in [6, 6.07) is 0.102. The average molecular weight is 214 g/mol. The van der Waals surface area contributed by atoms with Crippen molar-refractivity contribution in [1.82, 2.24) is 9.78 Å². The smallest absolute Gasteiger partial charge is 0.267 e. The number of hydrogen-bond donors (Lipinski definition) is 1. The van der Waals surface area contributed by atoms with E-state index in [1.807, 2.05) is 27.7 Å². The molecule has 0 N–H and O–H groups in total. The molecule has 0 spiro atoms. The first-order valence-electron chi connectivity index (χ1n) is 4.81. The van der Waals surface area contributed by atoms with Gasteiger partial charge in [0.15, 0.2) is 0 Å². The van der Waals surface area contributed by atoms with Crippen LogP contribution < -0.4 is 5.56 Å². The van der Waals surface area contributed by atoms with Gasteiger partial charge in [-0.05, 0) is 20.8 Å². The largest absolute Gasteiger partial charge is 0.271 e. The molecule has 0 amide bonds. The number of thiol groups is 1. The Balaban J connectivity index is 0.000000791. The predicted octanol–water partition coefficient (Wildman–Crippen LogP) is 2.45. The maximum absolute atomic E-state index is 11.5. The molecule has 0 bridgehead atoms. The average Bonchev–Trinajstić information content (AvgIpc) is 2.17. The zero-order chi connectivity index (χ0) is 11.3. The van der Waals surface area contributed by atoms with Gasteiger partial charge in [0, 0.05) is 10.5 Å². The molecule has 0 atom stereocenters. The minimum Gasteiger partial charge on any atom is -0.267 e. The predicted molar refractivity (Wildman–Crippen MR) is 62.2 cm³/mol. The summed E-state index contributed by atoms with van der Waals surface area (Å²) in [5.74, 6) is 0. The molecule has 0 saturated carbocycles. The van der Waals surface area contributed by atoms with Gasteiger partial charge < -0.3 is 0 Å². The molecule has 0 saturated heterocycles. The summed E-state index contributed by atoms with van der Waals surface area (Å²) >= 11 is 4.11. The van der Waals surface area contributed by atoms with Crippen LogP contribution in [0.25, 0.3) is 0 Å². The van der Waals surface area contributed by atoms with Crippen LogP contribution in [0.2, 0.25) is 0 Å². The topological polar surface area (TPSA) is 34.9 Å². The fraction of sp³-hybridized carbons (Fsp3) is 0.600. The Bertz CT molecular complexity index is 344. The van der Waals surface area contributed by atoms with Crippen molar-refractivity contribution in [2.75, 3.05) is 0 Å². The van der Waals surface area contributed by atoms with Gasteiger partial charge in [-0.1, -0.05) is 13.8 Å². The van der Waals surface area contributed by atoms with Crippen molar-refractivity contribution in [2.45, 2.75) is 45.6 Å². The third-order valence-electron chi connectivity index (χ3n) is 1.71. The molecular formula is C10H18N2OS. The minimum atomic E-state index is -0.0579. The van der Waals surface area contributed by atoms with Gasteiger partial charge in [0.25, 0.3) is 5.56 Å². The van der Waals surface area contributed by atoms with Gasteiger partial charge in [0.1, 0.15) is 0 Å². The zero-order valence-electron chi connectivity index (χ0n) is 9.40. The van der Waals surface area contributed by atoms with Crippen LogP contribution in [0.1, 0.15) is 39.3 Å². The lowest BCUT2D eigenvalue weighted by molar-refractivity contribution is 0.495. The van der Waals surface area contributed by atoms with E-state index in [1.54, 1.807) is 13.1 Å². The van der Waals surface area contributed by atoms with Crippen LogP contribution in [0.5, 0.6) is 0 Å². The highest BCUT2D eigenvalue weighted by molar-refractivity contribution is 7.80. The van der Waals surface area contributed by atoms with E-state index in [0.29, 0.717) is 10.5 Å². The molecule has 0 radical (unpaired) electrons. The molecule has 1 rings (SSSR count). The standard InChI is InChI=1S/C8H12N2OS.C2H6/c1-5(2)10-8(11)6(3)7(12)4-9-10;1-2/h4-5,12H,1-3H3;1-2H3. The third kappa shape index (κ3) is 2.87. The molecule has 0 aromatic carbocycles. The van der Waals surface area contributed by atoms with Crippen molar-refractivity contribution in [1.29, 1.82) is 0 Å². The molecule has 0 aliphatic carbocycles. The summed E-state index contributed by atoms with van der Waals surface area (Å²) < 4.78 is 1.45. The summed E-state index contributed by atoms with van der Waals surface area (Å²) in [7, 11) is 0. The quantitative estimate of drug-likeness (QED) is 0.729. The Kier molecular flexibility index (Phi) is 5.53. The van der Waals surface area contributed by atoms with E-state index in [-0.39, 0.29) is 11.6 Å². The molecule has 0 aliphatic rings. The molecule has 3 nitrogen and oxygen atoms in total. The molecular weight excluding hydrogens is 196 g/mol. The van der Waals surface area contributed by atoms with Crippen molar-refractivity contribution < 1.29 is 0 Å². The van der Waals surface area contributed by atoms with Crippen LogP contribution in [0.3, 0.4) is 0 Å². The summed E-state index contributed by atoms with van der Waals surface area (Å²) in [6.07, 6.45) is 1.60. The SMILES string of the molecule is CC.Cc1c(S)cnn(C(C)C)c1=O. The van der Waals surface area contributed by atoms with Crippen LogP contribution >= 0.6 is 12.6 Å². The normalized spacial score (nSPS) is 9.64. The highest BCUT2D eigenvalue weighted by Crippen LogP contribution is 2.06. The van der Waals surface area contributed by atoms with Crippen molar-refractivity contribution in [3.63, 3.8) is 0 Å². The molecule has 0 unspecified atom stereocenters. The van der Waals surface area contributed by atoms with Gasteiger partial charge in [0.05, 0.1) is 12.2 Å². The molecule has 1 aromatic heterocycles. The minimum absolute atomic E-state index is 0.0579. The van der Waals surface area contributed by atoms with E-state index in [4.69, 9.17) is 0 Å². The lowest BCUT2D eigenvalue weighted by Gasteiger charge is -2.08. The second-order valence-electron chi connectivity index (χ2n) is 3.00. The lowest BCUT2D eigenvalue weighted by Crippen LogP contribution is -2.26. The van der Waals surface area contributed by atoms with E-state index < -0.39 is 0 Å². The summed E-state index contributed by atoms with van der Waals surface area (Å²) in [5, 5.41) is 3.97. The first-order chi connectivity index (χ1) is 6.54. The zero-order valence-corrected chi connectivity index (χ0v) is 10.3. The molecule has 14 heavy (non-hydrogen) atoms. The number of nitrogens with zero attached hydrogens (tertiary/aromatic N) is 2. The van der Waals surface area contributed by atoms with Gasteiger partial charge in [-0.2, -0.15) is 5.10 Å². The van der Waals surface area contributed by atoms with E-state index in [2.05, 4.69) is 17.7 Å². The molecule has 1 aromatic rings. The van der Waals surface area contributed by atoms with Crippen LogP contribution in [0, 0.1) is 6.92 Å². The molecule has 0 aliphatic heterocycles. The van der Waals surface area contributed by atoms with Gasteiger partial charge in [-0.3, -0.25) is 4.79 Å². The first kappa shape index (κ1) is 13.2. The molecule has 4 heteroatoms. The maximum Gasteiger partial charge on any atom is 0.271 e. The maximum atomic E-state index is 11.5. The third-order valence-corrected chi connectivity index (χ3v) is 2.16. The number of hydrogen-bond acceptors (Lipinski definition) is 3. The van der Waals surface area contributed by atoms with Crippen LogP contribution in [0.4, 0.5) is 0 Å². The fourth-order valence-electron chi connectivity index (χ4n) is 0.915. The van der Waals surface area contributed by atoms with Crippen LogP contribution in [0.15, 0.2) is 15.9 Å². The number of rotatable bonds is 1. The summed E-state index contributed by atoms with van der Waals surface area (Å²) in [5.41, 5.74) is 0.597. The van der Waals surface area contributed by atoms with E-state index in [9.17, 15) is 4.79 Å². The van der Waals surface area contributed by atoms with E-state index >= 15 is 0 Å². The Labute approximate surface area is 90.6 Å². The lowest BCUT2D eigenvalue weighted by atomic mass is 10.3. The Morgan fingerprint density at radius 1 is 1.43 bits per heavy atom. The van der Waals surface area contributed by atoms with Crippen molar-refractivity contribution in [3.8, 4) is 0 Å². The fourth-order valence-corrected chi connectivity index (χ4v) is 1.06. The van der Waals surface area contributed by atoms with E-state index in [0.717, 1.165) is 0 Å². The van der Waals surface area contributed by atoms with Crippen molar-refractivity contribution in [3.05, 3.63) is 22.1 Å². The van der Waals surface area contributed by atoms with Crippen molar-refractivity contribution >= 4 is 12.6 Å². The molecule has 80 valence electrons. The Morgan fingerprint density at radius 2 is 1.93 bits per heavy atom. The summed E-state index contributed by atoms with van der Waals surface area (Å²) in [4.78, 5) is 12.1. The summed E-state index contributed by atoms with van der Waals surface area (Å²) in [6.45, 7) is 9.60. The highest BCUT2D eigenvalue weighted by atomic mass is 32.1. The van der Waals surface area contributed by atoms with Gasteiger partial charge >= 0.3 is 0 Å². The van der Waals surface area contributed by atoms with Crippen LogP contribution in [-0.2, 0) is 0 Å². The second kappa shape index (κ2) is 5.86. The molecule has 0 fully saturated rings. The first-order valence-corrected chi connectivity index (χ1v) is 5.26. The second-order valence-corrected chi connectivity index (χ2v) is 3.48. The van der Waals surface area contributed by atoms with Crippen LogP contribution in [-0.4, -0.2) is 9.78 Å². The van der Waals surface area contributed by atoms with Gasteiger partial charge in [-0.15, -0.1) is 12.6 Å². The monoisotopic (exact) mass is 214 g/mol. The van der Waals surface area contributed by atoms with E-state index in [1.165, 1.54) is 4.68 Å². The Morgan fingerprint density at radius 3 is 2.36 bits per heavy atom. The van der Waals surface area contributed by atoms with Crippen molar-refractivity contribution in [2.24, 2.45) is 0 Å². The highest BCUT2D eigenvalue weighted by Gasteiger charge is 2.06. The number of aromatic nitrogens is 2. The molecule has 1 heterocycles.